The van der Waals surface area contributed by atoms with Gasteiger partial charge >= 0.3 is 0 Å². The predicted molar refractivity (Wildman–Crippen MR) is 102 cm³/mol. The minimum absolute atomic E-state index is 0.133. The van der Waals surface area contributed by atoms with Gasteiger partial charge in [-0.05, 0) is 37.6 Å². The van der Waals surface area contributed by atoms with Crippen molar-refractivity contribution in [3.05, 3.63) is 76.5 Å². The van der Waals surface area contributed by atoms with E-state index in [1.54, 1.807) is 6.08 Å². The Kier molecular flexibility index (Phi) is 3.80. The first-order valence-electron chi connectivity index (χ1n) is 8.44. The number of fused-ring (bicyclic) bond motifs is 2. The van der Waals surface area contributed by atoms with Crippen LogP contribution in [0.15, 0.2) is 59.9 Å². The Balaban J connectivity index is 1.79. The summed E-state index contributed by atoms with van der Waals surface area (Å²) in [7, 11) is 0. The van der Waals surface area contributed by atoms with Crippen LogP contribution in [0.1, 0.15) is 11.1 Å². The second kappa shape index (κ2) is 6.13. The van der Waals surface area contributed by atoms with Gasteiger partial charge in [0.2, 0.25) is 0 Å². The summed E-state index contributed by atoms with van der Waals surface area (Å²) in [6, 6.07) is 13.9. The maximum Gasteiger partial charge on any atom is 0.194 e. The fraction of sp³-hybridized carbons (Fsp3) is 0.190. The van der Waals surface area contributed by atoms with Crippen LogP contribution in [0.2, 0.25) is 0 Å². The third-order valence-electron chi connectivity index (χ3n) is 4.59. The molecular formula is C21H20N2O2. The zero-order valence-electron chi connectivity index (χ0n) is 14.2. The standard InChI is InChI=1S/C21H20N2O2/c1-3-11-25-16-6-4-5-15(13-16)23-10-9-17-20(24)18-12-14(2)7-8-19(18)22-21(17)23/h3-8,12-13H,1,9-11H2,2H3,(H,22,24). The summed E-state index contributed by atoms with van der Waals surface area (Å²) >= 11 is 0. The highest BCUT2D eigenvalue weighted by Crippen LogP contribution is 2.34. The van der Waals surface area contributed by atoms with Crippen LogP contribution < -0.4 is 15.1 Å². The van der Waals surface area contributed by atoms with Crippen molar-refractivity contribution in [3.63, 3.8) is 0 Å². The molecular weight excluding hydrogens is 312 g/mol. The van der Waals surface area contributed by atoms with Gasteiger partial charge in [-0.3, -0.25) is 4.79 Å². The van der Waals surface area contributed by atoms with Crippen LogP contribution in [0.3, 0.4) is 0 Å². The number of benzene rings is 2. The zero-order valence-corrected chi connectivity index (χ0v) is 14.2. The molecule has 0 saturated heterocycles. The molecule has 2 heterocycles. The van der Waals surface area contributed by atoms with E-state index in [9.17, 15) is 4.79 Å². The molecule has 0 aliphatic carbocycles. The number of pyridine rings is 1. The Hall–Kier alpha value is -3.01. The van der Waals surface area contributed by atoms with Gasteiger partial charge in [0.15, 0.2) is 5.43 Å². The van der Waals surface area contributed by atoms with Gasteiger partial charge in [-0.15, -0.1) is 0 Å². The molecule has 1 aromatic heterocycles. The average Bonchev–Trinajstić information content (AvgIpc) is 3.05. The maximum atomic E-state index is 12.9. The van der Waals surface area contributed by atoms with Gasteiger partial charge in [-0.1, -0.05) is 30.4 Å². The van der Waals surface area contributed by atoms with Gasteiger partial charge < -0.3 is 14.6 Å². The fourth-order valence-corrected chi connectivity index (χ4v) is 3.38. The molecule has 4 rings (SSSR count). The van der Waals surface area contributed by atoms with Gasteiger partial charge in [0.05, 0.1) is 5.52 Å². The quantitative estimate of drug-likeness (QED) is 0.732. The summed E-state index contributed by atoms with van der Waals surface area (Å²) in [5, 5.41) is 0.767. The van der Waals surface area contributed by atoms with E-state index in [0.29, 0.717) is 6.61 Å². The van der Waals surface area contributed by atoms with Crippen molar-refractivity contribution in [3.8, 4) is 5.75 Å². The van der Waals surface area contributed by atoms with Crippen molar-refractivity contribution >= 4 is 22.4 Å². The highest BCUT2D eigenvalue weighted by molar-refractivity contribution is 5.84. The molecule has 3 aromatic rings. The molecule has 0 fully saturated rings. The smallest absolute Gasteiger partial charge is 0.194 e. The molecule has 1 N–H and O–H groups in total. The first-order valence-corrected chi connectivity index (χ1v) is 8.44. The number of aromatic amines is 1. The maximum absolute atomic E-state index is 12.9. The van der Waals surface area contributed by atoms with E-state index in [-0.39, 0.29) is 5.43 Å². The molecule has 0 spiro atoms. The largest absolute Gasteiger partial charge is 0.489 e. The van der Waals surface area contributed by atoms with Crippen molar-refractivity contribution in [1.29, 1.82) is 0 Å². The minimum Gasteiger partial charge on any atom is -0.489 e. The normalized spacial score (nSPS) is 13.1. The molecule has 126 valence electrons. The Labute approximate surface area is 146 Å². The van der Waals surface area contributed by atoms with Crippen LogP contribution in [0.5, 0.6) is 5.75 Å². The van der Waals surface area contributed by atoms with Crippen LogP contribution >= 0.6 is 0 Å². The molecule has 2 aromatic carbocycles. The number of H-pyrrole nitrogens is 1. The molecule has 0 saturated carbocycles. The van der Waals surface area contributed by atoms with E-state index in [4.69, 9.17) is 4.74 Å². The lowest BCUT2D eigenvalue weighted by Crippen LogP contribution is -2.15. The molecule has 1 aliphatic heterocycles. The van der Waals surface area contributed by atoms with Crippen LogP contribution in [0.25, 0.3) is 10.9 Å². The Bertz CT molecular complexity index is 1020. The van der Waals surface area contributed by atoms with E-state index in [1.165, 1.54) is 0 Å². The number of hydrogen-bond acceptors (Lipinski definition) is 3. The first kappa shape index (κ1) is 15.5. The molecule has 0 unspecified atom stereocenters. The lowest BCUT2D eigenvalue weighted by molar-refractivity contribution is 0.363. The van der Waals surface area contributed by atoms with Gasteiger partial charge in [0.25, 0.3) is 0 Å². The third-order valence-corrected chi connectivity index (χ3v) is 4.59. The summed E-state index contributed by atoms with van der Waals surface area (Å²) in [4.78, 5) is 18.5. The fourth-order valence-electron chi connectivity index (χ4n) is 3.38. The van der Waals surface area contributed by atoms with Crippen LogP contribution in [-0.2, 0) is 6.42 Å². The first-order chi connectivity index (χ1) is 12.2. The van der Waals surface area contributed by atoms with Crippen LogP contribution in [0, 0.1) is 6.92 Å². The molecule has 25 heavy (non-hydrogen) atoms. The van der Waals surface area contributed by atoms with Gasteiger partial charge in [0, 0.05) is 29.2 Å². The molecule has 0 radical (unpaired) electrons. The molecule has 4 nitrogen and oxygen atoms in total. The summed E-state index contributed by atoms with van der Waals surface area (Å²) in [6.07, 6.45) is 2.47. The number of rotatable bonds is 4. The number of aryl methyl sites for hydroxylation is 1. The second-order valence-corrected chi connectivity index (χ2v) is 6.33. The van der Waals surface area contributed by atoms with Gasteiger partial charge in [-0.25, -0.2) is 0 Å². The molecule has 0 bridgehead atoms. The minimum atomic E-state index is 0.133. The lowest BCUT2D eigenvalue weighted by atomic mass is 10.1. The van der Waals surface area contributed by atoms with E-state index in [0.717, 1.165) is 52.3 Å². The van der Waals surface area contributed by atoms with Gasteiger partial charge in [-0.2, -0.15) is 0 Å². The topological polar surface area (TPSA) is 45.3 Å². The Morgan fingerprint density at radius 3 is 3.00 bits per heavy atom. The Morgan fingerprint density at radius 1 is 1.28 bits per heavy atom. The second-order valence-electron chi connectivity index (χ2n) is 6.33. The van der Waals surface area contributed by atoms with Crippen LogP contribution in [-0.4, -0.2) is 18.1 Å². The van der Waals surface area contributed by atoms with E-state index >= 15 is 0 Å². The monoisotopic (exact) mass is 332 g/mol. The Morgan fingerprint density at radius 2 is 2.16 bits per heavy atom. The number of nitrogens with one attached hydrogen (secondary N) is 1. The van der Waals surface area contributed by atoms with Crippen molar-refractivity contribution in [2.75, 3.05) is 18.1 Å². The van der Waals surface area contributed by atoms with Gasteiger partial charge in [0.1, 0.15) is 18.2 Å². The highest BCUT2D eigenvalue weighted by atomic mass is 16.5. The summed E-state index contributed by atoms with van der Waals surface area (Å²) < 4.78 is 5.63. The van der Waals surface area contributed by atoms with Crippen molar-refractivity contribution in [2.24, 2.45) is 0 Å². The van der Waals surface area contributed by atoms with E-state index in [2.05, 4.69) is 16.5 Å². The third kappa shape index (κ3) is 2.70. The number of aromatic nitrogens is 1. The highest BCUT2D eigenvalue weighted by Gasteiger charge is 2.25. The van der Waals surface area contributed by atoms with Crippen molar-refractivity contribution in [2.45, 2.75) is 13.3 Å². The number of anilines is 2. The zero-order chi connectivity index (χ0) is 17.4. The molecule has 0 amide bonds. The predicted octanol–water partition coefficient (Wildman–Crippen LogP) is 4.10. The number of nitrogens with zero attached hydrogens (tertiary/aromatic N) is 1. The van der Waals surface area contributed by atoms with Crippen molar-refractivity contribution in [1.82, 2.24) is 4.98 Å². The summed E-state index contributed by atoms with van der Waals surface area (Å²) in [5.74, 6) is 1.69. The molecule has 1 aliphatic rings. The molecule has 0 atom stereocenters. The average molecular weight is 332 g/mol. The SMILES string of the molecule is C=CCOc1cccc(N2CCc3c2[nH]c2ccc(C)cc2c3=O)c1. The number of ether oxygens (including phenoxy) is 1. The van der Waals surface area contributed by atoms with E-state index < -0.39 is 0 Å². The molecule has 4 heteroatoms. The van der Waals surface area contributed by atoms with E-state index in [1.807, 2.05) is 49.4 Å². The van der Waals surface area contributed by atoms with Crippen LogP contribution in [0.4, 0.5) is 11.5 Å². The summed E-state index contributed by atoms with van der Waals surface area (Å²) in [5.41, 5.74) is 3.98. The lowest BCUT2D eigenvalue weighted by Gasteiger charge is -2.20. The van der Waals surface area contributed by atoms with Crippen molar-refractivity contribution < 1.29 is 4.74 Å². The number of hydrogen-bond donors (Lipinski definition) is 1. The summed E-state index contributed by atoms with van der Waals surface area (Å²) in [6.45, 7) is 6.93.